The lowest BCUT2D eigenvalue weighted by Crippen LogP contribution is -2.06. The number of nitrogens with zero attached hydrogens (tertiary/aromatic N) is 2. The Bertz CT molecular complexity index is 700. The first-order valence-electron chi connectivity index (χ1n) is 6.05. The number of benzene rings is 1. The number of carbonyl (C=O) groups is 1. The molecule has 0 aliphatic rings. The van der Waals surface area contributed by atoms with Gasteiger partial charge in [-0.05, 0) is 25.1 Å². The van der Waals surface area contributed by atoms with Crippen molar-refractivity contribution in [2.75, 3.05) is 0 Å². The van der Waals surface area contributed by atoms with Crippen LogP contribution in [0.2, 0.25) is 0 Å². The predicted molar refractivity (Wildman–Crippen MR) is 73.4 cm³/mol. The molecule has 1 N–H and O–H groups in total. The number of carboxylic acid groups (broad SMARTS) is 1. The van der Waals surface area contributed by atoms with Gasteiger partial charge in [-0.15, -0.1) is 0 Å². The average molecular weight is 288 g/mol. The second-order valence-corrected chi connectivity index (χ2v) is 4.29. The molecule has 0 radical (unpaired) electrons. The summed E-state index contributed by atoms with van der Waals surface area (Å²) in [7, 11) is 0. The van der Waals surface area contributed by atoms with Crippen LogP contribution in [-0.2, 0) is 6.61 Å². The van der Waals surface area contributed by atoms with Crippen LogP contribution in [-0.4, -0.2) is 21.0 Å². The van der Waals surface area contributed by atoms with Gasteiger partial charge in [0, 0.05) is 5.56 Å². The van der Waals surface area contributed by atoms with Crippen LogP contribution in [0.25, 0.3) is 0 Å². The summed E-state index contributed by atoms with van der Waals surface area (Å²) < 4.78 is 5.40. The maximum absolute atomic E-state index is 11.0. The molecule has 0 amide bonds. The van der Waals surface area contributed by atoms with Gasteiger partial charge in [0.2, 0.25) is 0 Å². The Kier molecular flexibility index (Phi) is 4.13. The number of carboxylic acids is 1. The van der Waals surface area contributed by atoms with Crippen LogP contribution in [0.15, 0.2) is 36.4 Å². The fourth-order valence-corrected chi connectivity index (χ4v) is 1.81. The molecule has 2 aromatic rings. The Morgan fingerprint density at radius 1 is 1.33 bits per heavy atom. The topological polar surface area (TPSA) is 103 Å². The van der Waals surface area contributed by atoms with E-state index in [0.29, 0.717) is 11.3 Å². The molecule has 7 nitrogen and oxygen atoms in total. The first kappa shape index (κ1) is 14.4. The van der Waals surface area contributed by atoms with E-state index in [1.165, 1.54) is 12.1 Å². The molecule has 21 heavy (non-hydrogen) atoms. The molecule has 1 aromatic carbocycles. The smallest absolute Gasteiger partial charge is 0.354 e. The standard InChI is InChI=1S/C14H12N2O5/c1-9-4-2-7-12(13(9)16(19)20)21-8-10-5-3-6-11(15-10)14(17)18/h2-7H,8H2,1H3,(H,17,18). The SMILES string of the molecule is Cc1cccc(OCc2cccc(C(=O)O)n2)c1[N+](=O)[O-]. The quantitative estimate of drug-likeness (QED) is 0.670. The molecule has 0 bridgehead atoms. The van der Waals surface area contributed by atoms with Crippen molar-refractivity contribution >= 4 is 11.7 Å². The molecule has 0 spiro atoms. The van der Waals surface area contributed by atoms with Gasteiger partial charge in [0.05, 0.1) is 10.6 Å². The highest BCUT2D eigenvalue weighted by Gasteiger charge is 2.18. The summed E-state index contributed by atoms with van der Waals surface area (Å²) in [5.74, 6) is -1.01. The first-order valence-corrected chi connectivity index (χ1v) is 6.05. The van der Waals surface area contributed by atoms with Gasteiger partial charge >= 0.3 is 11.7 Å². The van der Waals surface area contributed by atoms with Gasteiger partial charge in [-0.2, -0.15) is 0 Å². The summed E-state index contributed by atoms with van der Waals surface area (Å²) in [5, 5.41) is 19.9. The lowest BCUT2D eigenvalue weighted by Gasteiger charge is -2.08. The van der Waals surface area contributed by atoms with E-state index < -0.39 is 10.9 Å². The third-order valence-corrected chi connectivity index (χ3v) is 2.78. The average Bonchev–Trinajstić information content (AvgIpc) is 2.45. The Morgan fingerprint density at radius 3 is 2.71 bits per heavy atom. The van der Waals surface area contributed by atoms with E-state index >= 15 is 0 Å². The minimum Gasteiger partial charge on any atom is -0.480 e. The Balaban J connectivity index is 2.21. The van der Waals surface area contributed by atoms with E-state index in [9.17, 15) is 14.9 Å². The number of hydrogen-bond donors (Lipinski definition) is 1. The van der Waals surface area contributed by atoms with E-state index in [0.717, 1.165) is 0 Å². The van der Waals surface area contributed by atoms with Crippen LogP contribution in [0, 0.1) is 17.0 Å². The maximum atomic E-state index is 11.0. The van der Waals surface area contributed by atoms with Gasteiger partial charge in [-0.1, -0.05) is 18.2 Å². The molecule has 2 rings (SSSR count). The van der Waals surface area contributed by atoms with Crippen molar-refractivity contribution in [3.63, 3.8) is 0 Å². The van der Waals surface area contributed by atoms with Crippen molar-refractivity contribution in [3.8, 4) is 5.75 Å². The summed E-state index contributed by atoms with van der Waals surface area (Å²) in [5.41, 5.74) is 0.664. The molecule has 0 atom stereocenters. The molecule has 1 heterocycles. The number of aromatic carboxylic acids is 1. The zero-order valence-corrected chi connectivity index (χ0v) is 11.1. The minimum absolute atomic E-state index is 0.0502. The van der Waals surface area contributed by atoms with E-state index in [2.05, 4.69) is 4.98 Å². The summed E-state index contributed by atoms with van der Waals surface area (Å²) in [4.78, 5) is 25.2. The van der Waals surface area contributed by atoms with Crippen LogP contribution in [0.5, 0.6) is 5.75 Å². The molecule has 0 saturated heterocycles. The Hall–Kier alpha value is -2.96. The zero-order chi connectivity index (χ0) is 15.4. The van der Waals surface area contributed by atoms with Crippen molar-refractivity contribution in [1.82, 2.24) is 4.98 Å². The van der Waals surface area contributed by atoms with E-state index in [4.69, 9.17) is 9.84 Å². The zero-order valence-electron chi connectivity index (χ0n) is 11.1. The van der Waals surface area contributed by atoms with Crippen molar-refractivity contribution in [3.05, 3.63) is 63.5 Å². The third kappa shape index (κ3) is 3.33. The van der Waals surface area contributed by atoms with Crippen molar-refractivity contribution in [2.24, 2.45) is 0 Å². The van der Waals surface area contributed by atoms with Crippen molar-refractivity contribution < 1.29 is 19.6 Å². The van der Waals surface area contributed by atoms with E-state index in [1.807, 2.05) is 0 Å². The number of aryl methyl sites for hydroxylation is 1. The van der Waals surface area contributed by atoms with Gasteiger partial charge in [0.1, 0.15) is 12.3 Å². The molecule has 7 heteroatoms. The minimum atomic E-state index is -1.14. The Labute approximate surface area is 120 Å². The molecule has 0 aliphatic heterocycles. The van der Waals surface area contributed by atoms with Crippen molar-refractivity contribution in [1.29, 1.82) is 0 Å². The molecule has 1 aromatic heterocycles. The molecule has 0 saturated carbocycles. The fraction of sp³-hybridized carbons (Fsp3) is 0.143. The number of nitro benzene ring substituents is 1. The number of nitro groups is 1. The second-order valence-electron chi connectivity index (χ2n) is 4.29. The molecule has 0 aliphatic carbocycles. The summed E-state index contributed by atoms with van der Waals surface area (Å²) in [6.07, 6.45) is 0. The summed E-state index contributed by atoms with van der Waals surface area (Å²) in [6.45, 7) is 1.57. The van der Waals surface area contributed by atoms with Crippen molar-refractivity contribution in [2.45, 2.75) is 13.5 Å². The number of pyridine rings is 1. The van der Waals surface area contributed by atoms with Crippen LogP contribution < -0.4 is 4.74 Å². The highest BCUT2D eigenvalue weighted by molar-refractivity contribution is 5.85. The summed E-state index contributed by atoms with van der Waals surface area (Å²) >= 11 is 0. The fourth-order valence-electron chi connectivity index (χ4n) is 1.81. The lowest BCUT2D eigenvalue weighted by atomic mass is 10.2. The molecule has 0 unspecified atom stereocenters. The Morgan fingerprint density at radius 2 is 2.05 bits per heavy atom. The molecular weight excluding hydrogens is 276 g/mol. The monoisotopic (exact) mass is 288 g/mol. The molecular formula is C14H12N2O5. The largest absolute Gasteiger partial charge is 0.480 e. The van der Waals surface area contributed by atoms with Gasteiger partial charge in [0.25, 0.3) is 0 Å². The maximum Gasteiger partial charge on any atom is 0.354 e. The molecule has 0 fully saturated rings. The normalized spacial score (nSPS) is 10.1. The highest BCUT2D eigenvalue weighted by atomic mass is 16.6. The van der Waals surface area contributed by atoms with Gasteiger partial charge in [0.15, 0.2) is 5.75 Å². The number of rotatable bonds is 5. The number of para-hydroxylation sites is 1. The lowest BCUT2D eigenvalue weighted by molar-refractivity contribution is -0.386. The predicted octanol–water partition coefficient (Wildman–Crippen LogP) is 2.58. The first-order chi connectivity index (χ1) is 9.99. The van der Waals surface area contributed by atoms with Crippen LogP contribution >= 0.6 is 0 Å². The number of hydrogen-bond acceptors (Lipinski definition) is 5. The highest BCUT2D eigenvalue weighted by Crippen LogP contribution is 2.30. The summed E-state index contributed by atoms with van der Waals surface area (Å²) in [6, 6.07) is 9.26. The number of aromatic nitrogens is 1. The van der Waals surface area contributed by atoms with Crippen LogP contribution in [0.3, 0.4) is 0 Å². The third-order valence-electron chi connectivity index (χ3n) is 2.78. The molecule has 108 valence electrons. The van der Waals surface area contributed by atoms with E-state index in [-0.39, 0.29) is 23.7 Å². The van der Waals surface area contributed by atoms with Crippen LogP contribution in [0.4, 0.5) is 5.69 Å². The van der Waals surface area contributed by atoms with Gasteiger partial charge < -0.3 is 9.84 Å². The van der Waals surface area contributed by atoms with Gasteiger partial charge in [-0.3, -0.25) is 10.1 Å². The second kappa shape index (κ2) is 6.00. The van der Waals surface area contributed by atoms with Gasteiger partial charge in [-0.25, -0.2) is 9.78 Å². The van der Waals surface area contributed by atoms with Crippen LogP contribution in [0.1, 0.15) is 21.7 Å². The van der Waals surface area contributed by atoms with E-state index in [1.54, 1.807) is 31.2 Å². The number of ether oxygens (including phenoxy) is 1.